The van der Waals surface area contributed by atoms with Crippen molar-refractivity contribution in [2.75, 3.05) is 0 Å². The molecule has 0 saturated carbocycles. The second-order valence-electron chi connectivity index (χ2n) is 9.62. The number of nitrogens with zero attached hydrogens (tertiary/aromatic N) is 8. The molecule has 2 N–H and O–H groups in total. The Balaban J connectivity index is 0.000000176. The summed E-state index contributed by atoms with van der Waals surface area (Å²) in [6, 6.07) is 4.83. The fourth-order valence-electron chi connectivity index (χ4n) is 4.71. The molecule has 2 atom stereocenters. The van der Waals surface area contributed by atoms with Crippen molar-refractivity contribution < 1.29 is 0 Å². The first-order chi connectivity index (χ1) is 18.6. The summed E-state index contributed by atoms with van der Waals surface area (Å²) in [5.74, 6) is 0. The van der Waals surface area contributed by atoms with Crippen molar-refractivity contribution in [1.29, 1.82) is 0 Å². The average Bonchev–Trinajstić information content (AvgIpc) is 3.75. The lowest BCUT2D eigenvalue weighted by Gasteiger charge is -2.09. The van der Waals surface area contributed by atoms with E-state index in [2.05, 4.69) is 80.2 Å². The normalized spacial score (nSPS) is 12.6. The molecule has 10 heteroatoms. The van der Waals surface area contributed by atoms with Crippen LogP contribution in [0.5, 0.6) is 0 Å². The first-order valence-electron chi connectivity index (χ1n) is 13.2. The number of nitrogens with one attached hydrogen (secondary N) is 2. The van der Waals surface area contributed by atoms with Crippen molar-refractivity contribution in [3.05, 3.63) is 62.0 Å². The quantitative estimate of drug-likeness (QED) is 0.220. The van der Waals surface area contributed by atoms with Crippen molar-refractivity contribution in [3.63, 3.8) is 0 Å². The fourth-order valence-corrected chi connectivity index (χ4v) is 4.71. The van der Waals surface area contributed by atoms with Crippen molar-refractivity contribution in [2.24, 2.45) is 0 Å². The van der Waals surface area contributed by atoms with Gasteiger partial charge in [-0.3, -0.25) is 9.36 Å². The summed E-state index contributed by atoms with van der Waals surface area (Å²) in [5.41, 5.74) is 5.66. The van der Waals surface area contributed by atoms with E-state index < -0.39 is 0 Å². The van der Waals surface area contributed by atoms with Crippen LogP contribution >= 0.6 is 0 Å². The predicted octanol–water partition coefficient (Wildman–Crippen LogP) is 7.00. The fraction of sp³-hybridized carbons (Fsp3) is 0.379. The zero-order chi connectivity index (χ0) is 26.5. The van der Waals surface area contributed by atoms with Crippen LogP contribution in [-0.4, -0.2) is 49.5 Å². The highest BCUT2D eigenvalue weighted by atomic mass is 15.3. The molecule has 0 aliphatic rings. The Morgan fingerprint density at radius 1 is 0.692 bits per heavy atom. The summed E-state index contributed by atoms with van der Waals surface area (Å²) in [4.78, 5) is 23.4. The summed E-state index contributed by atoms with van der Waals surface area (Å²) in [5, 5.41) is 11.0. The Morgan fingerprint density at radius 3 is 1.54 bits per heavy atom. The molecule has 39 heavy (non-hydrogen) atoms. The standard InChI is InChI=1S/2C14H17N5.CH4/c2*1-3-4-10(2)19-8-11(7-18-19)13-12-5-6-15-14(12)17-9-16-13;/h2*5-10H,3-4H2,1-2H3,(H,15,16,17);1H4/t2*10-;/m10./s1. The number of fused-ring (bicyclic) bond motifs is 2. The van der Waals surface area contributed by atoms with Crippen molar-refractivity contribution in [3.8, 4) is 22.5 Å². The second kappa shape index (κ2) is 12.5. The number of rotatable bonds is 8. The number of aromatic nitrogens is 10. The van der Waals surface area contributed by atoms with E-state index in [-0.39, 0.29) is 7.43 Å². The van der Waals surface area contributed by atoms with E-state index in [9.17, 15) is 0 Å². The van der Waals surface area contributed by atoms with Crippen LogP contribution in [0.3, 0.4) is 0 Å². The van der Waals surface area contributed by atoms with Gasteiger partial charge in [-0.15, -0.1) is 0 Å². The van der Waals surface area contributed by atoms with Crippen molar-refractivity contribution >= 4 is 22.1 Å². The Hall–Kier alpha value is -4.34. The molecule has 0 aliphatic carbocycles. The molecule has 6 aromatic heterocycles. The summed E-state index contributed by atoms with van der Waals surface area (Å²) in [6.07, 6.45) is 19.4. The van der Waals surface area contributed by atoms with Gasteiger partial charge in [-0.1, -0.05) is 34.1 Å². The first kappa shape index (κ1) is 27.7. The van der Waals surface area contributed by atoms with Gasteiger partial charge < -0.3 is 9.97 Å². The summed E-state index contributed by atoms with van der Waals surface area (Å²) >= 11 is 0. The van der Waals surface area contributed by atoms with Crippen LogP contribution < -0.4 is 0 Å². The van der Waals surface area contributed by atoms with Crippen LogP contribution in [0.4, 0.5) is 0 Å². The van der Waals surface area contributed by atoms with E-state index >= 15 is 0 Å². The smallest absolute Gasteiger partial charge is 0.141 e. The number of hydrogen-bond donors (Lipinski definition) is 2. The Bertz CT molecular complexity index is 1480. The van der Waals surface area contributed by atoms with Gasteiger partial charge in [0.05, 0.1) is 23.8 Å². The lowest BCUT2D eigenvalue weighted by molar-refractivity contribution is 0.455. The van der Waals surface area contributed by atoms with E-state index in [1.165, 1.54) is 0 Å². The van der Waals surface area contributed by atoms with E-state index in [0.717, 1.165) is 70.3 Å². The molecule has 0 amide bonds. The summed E-state index contributed by atoms with van der Waals surface area (Å²) < 4.78 is 4.03. The monoisotopic (exact) mass is 526 g/mol. The van der Waals surface area contributed by atoms with Gasteiger partial charge in [-0.25, -0.2) is 19.9 Å². The first-order valence-corrected chi connectivity index (χ1v) is 13.2. The Kier molecular flexibility index (Phi) is 8.85. The third-order valence-electron chi connectivity index (χ3n) is 6.77. The van der Waals surface area contributed by atoms with Gasteiger partial charge in [-0.2, -0.15) is 10.2 Å². The highest BCUT2D eigenvalue weighted by Crippen LogP contribution is 2.26. The summed E-state index contributed by atoms with van der Waals surface area (Å²) in [7, 11) is 0. The van der Waals surface area contributed by atoms with E-state index in [1.54, 1.807) is 12.7 Å². The number of aromatic amines is 2. The third-order valence-corrected chi connectivity index (χ3v) is 6.77. The Morgan fingerprint density at radius 2 is 1.13 bits per heavy atom. The largest absolute Gasteiger partial charge is 0.346 e. The lowest BCUT2D eigenvalue weighted by Crippen LogP contribution is -2.04. The minimum absolute atomic E-state index is 0. The van der Waals surface area contributed by atoms with Crippen LogP contribution in [0.1, 0.15) is 72.9 Å². The van der Waals surface area contributed by atoms with Crippen LogP contribution in [0, 0.1) is 0 Å². The molecular weight excluding hydrogens is 488 g/mol. The van der Waals surface area contributed by atoms with E-state index in [1.807, 2.05) is 46.3 Å². The zero-order valence-corrected chi connectivity index (χ0v) is 22.3. The molecule has 204 valence electrons. The predicted molar refractivity (Wildman–Crippen MR) is 156 cm³/mol. The highest BCUT2D eigenvalue weighted by Gasteiger charge is 2.13. The average molecular weight is 527 g/mol. The van der Waals surface area contributed by atoms with Gasteiger partial charge in [0.15, 0.2) is 0 Å². The van der Waals surface area contributed by atoms with Gasteiger partial charge >= 0.3 is 0 Å². The topological polar surface area (TPSA) is 119 Å². The molecule has 6 aromatic rings. The molecular formula is C29H38N10. The molecule has 0 unspecified atom stereocenters. The maximum Gasteiger partial charge on any atom is 0.141 e. The van der Waals surface area contributed by atoms with Crippen molar-refractivity contribution in [1.82, 2.24) is 49.5 Å². The molecule has 0 spiro atoms. The molecule has 6 heterocycles. The van der Waals surface area contributed by atoms with Crippen LogP contribution in [0.15, 0.2) is 62.0 Å². The minimum atomic E-state index is 0. The maximum absolute atomic E-state index is 4.45. The molecule has 0 saturated heterocycles. The molecule has 10 nitrogen and oxygen atoms in total. The van der Waals surface area contributed by atoms with E-state index in [0.29, 0.717) is 12.1 Å². The van der Waals surface area contributed by atoms with Gasteiger partial charge in [0.2, 0.25) is 0 Å². The highest BCUT2D eigenvalue weighted by molar-refractivity contribution is 5.90. The minimum Gasteiger partial charge on any atom is -0.346 e. The third kappa shape index (κ3) is 5.89. The molecule has 0 aromatic carbocycles. The molecule has 0 bridgehead atoms. The van der Waals surface area contributed by atoms with Crippen LogP contribution in [-0.2, 0) is 0 Å². The van der Waals surface area contributed by atoms with Gasteiger partial charge in [0.1, 0.15) is 23.9 Å². The van der Waals surface area contributed by atoms with E-state index in [4.69, 9.17) is 0 Å². The lowest BCUT2D eigenvalue weighted by atomic mass is 10.2. The Labute approximate surface area is 229 Å². The molecule has 0 fully saturated rings. The van der Waals surface area contributed by atoms with Gasteiger partial charge in [-0.05, 0) is 38.8 Å². The maximum atomic E-state index is 4.45. The second-order valence-corrected chi connectivity index (χ2v) is 9.62. The molecule has 0 radical (unpaired) electrons. The van der Waals surface area contributed by atoms with Crippen LogP contribution in [0.2, 0.25) is 0 Å². The van der Waals surface area contributed by atoms with Crippen molar-refractivity contribution in [2.45, 2.75) is 72.9 Å². The number of hydrogen-bond acceptors (Lipinski definition) is 6. The number of H-pyrrole nitrogens is 2. The zero-order valence-electron chi connectivity index (χ0n) is 22.3. The van der Waals surface area contributed by atoms with Gasteiger partial charge in [0, 0.05) is 58.8 Å². The SMILES string of the molecule is C.CCC[C@@H](C)n1cc(-c2ncnc3[nH]ccc23)cn1.CCC[C@H](C)n1cc(-c2ncnc3[nH]ccc23)cn1. The van der Waals surface area contributed by atoms with Gasteiger partial charge in [0.25, 0.3) is 0 Å². The molecule has 0 aliphatic heterocycles. The summed E-state index contributed by atoms with van der Waals surface area (Å²) in [6.45, 7) is 8.75. The molecule has 6 rings (SSSR count). The van der Waals surface area contributed by atoms with Crippen LogP contribution in [0.25, 0.3) is 44.6 Å².